The molecular weight excluding hydrogens is 351 g/mol. The van der Waals surface area contributed by atoms with Gasteiger partial charge in [-0.3, -0.25) is 0 Å². The van der Waals surface area contributed by atoms with Crippen molar-refractivity contribution in [3.63, 3.8) is 0 Å². The van der Waals surface area contributed by atoms with Gasteiger partial charge in [-0.2, -0.15) is 0 Å². The summed E-state index contributed by atoms with van der Waals surface area (Å²) in [5, 5.41) is 0. The Balaban J connectivity index is 1.69. The van der Waals surface area contributed by atoms with Crippen LogP contribution < -0.4 is 0 Å². The second-order valence-corrected chi connectivity index (χ2v) is 8.08. The van der Waals surface area contributed by atoms with Crippen molar-refractivity contribution >= 4 is 22.6 Å². The molecule has 3 fully saturated rings. The molecule has 1 heterocycles. The number of ether oxygens (including phenoxy) is 2. The number of halogens is 1. The van der Waals surface area contributed by atoms with E-state index in [0.29, 0.717) is 5.41 Å². The molecule has 3 rings (SSSR count). The van der Waals surface area contributed by atoms with Gasteiger partial charge in [-0.1, -0.05) is 36.4 Å². The average Bonchev–Trinajstić information content (AvgIpc) is 2.98. The molecule has 0 amide bonds. The number of hydrogen-bond acceptors (Lipinski definition) is 2. The van der Waals surface area contributed by atoms with Gasteiger partial charge in [0, 0.05) is 17.6 Å². The zero-order valence-electron chi connectivity index (χ0n) is 12.3. The van der Waals surface area contributed by atoms with Gasteiger partial charge in [0.25, 0.3) is 0 Å². The van der Waals surface area contributed by atoms with Crippen LogP contribution in [0.25, 0.3) is 0 Å². The number of rotatable bonds is 4. The Morgan fingerprint density at radius 1 is 1.11 bits per heavy atom. The summed E-state index contributed by atoms with van der Waals surface area (Å²) in [6.07, 6.45) is 6.60. The zero-order chi connectivity index (χ0) is 13.5. The van der Waals surface area contributed by atoms with Crippen LogP contribution in [0.5, 0.6) is 0 Å². The smallest absolute Gasteiger partial charge is 0.0852 e. The van der Waals surface area contributed by atoms with Crippen LogP contribution in [0.2, 0.25) is 0 Å². The Labute approximate surface area is 131 Å². The molecule has 0 aromatic heterocycles. The van der Waals surface area contributed by atoms with Gasteiger partial charge in [-0.05, 0) is 55.3 Å². The van der Waals surface area contributed by atoms with Crippen molar-refractivity contribution in [2.75, 3.05) is 24.2 Å². The summed E-state index contributed by atoms with van der Waals surface area (Å²) in [7, 11) is 0. The van der Waals surface area contributed by atoms with E-state index in [1.54, 1.807) is 0 Å². The van der Waals surface area contributed by atoms with E-state index in [2.05, 4.69) is 36.4 Å². The third kappa shape index (κ3) is 2.28. The minimum atomic E-state index is 0.148. The second-order valence-electron chi connectivity index (χ2n) is 7.32. The third-order valence-electron chi connectivity index (χ3n) is 6.32. The topological polar surface area (TPSA) is 18.5 Å². The van der Waals surface area contributed by atoms with Crippen LogP contribution in [0.3, 0.4) is 0 Å². The molecule has 110 valence electrons. The summed E-state index contributed by atoms with van der Waals surface area (Å²) >= 11 is 2.57. The molecule has 3 heteroatoms. The summed E-state index contributed by atoms with van der Waals surface area (Å²) in [6, 6.07) is 0. The Morgan fingerprint density at radius 3 is 2.37 bits per heavy atom. The summed E-state index contributed by atoms with van der Waals surface area (Å²) in [5.74, 6) is 2.43. The minimum Gasteiger partial charge on any atom is -0.381 e. The Bertz CT molecular complexity index is 325. The van der Waals surface area contributed by atoms with E-state index in [1.165, 1.54) is 32.1 Å². The zero-order valence-corrected chi connectivity index (χ0v) is 14.4. The second kappa shape index (κ2) is 5.45. The standard InChI is InChI=1S/C16H27IO2/c1-15(2)13-3-4-14(9-13)16(15,11-17)19-10-12-5-7-18-8-6-12/h12-14H,3-11H2,1-2H3. The lowest BCUT2D eigenvalue weighted by molar-refractivity contribution is -0.150. The summed E-state index contributed by atoms with van der Waals surface area (Å²) in [4.78, 5) is 0. The molecule has 1 aliphatic heterocycles. The molecule has 2 saturated carbocycles. The fourth-order valence-corrected chi connectivity index (χ4v) is 6.56. The lowest BCUT2D eigenvalue weighted by Gasteiger charge is -2.49. The van der Waals surface area contributed by atoms with Crippen molar-refractivity contribution in [1.29, 1.82) is 0 Å². The van der Waals surface area contributed by atoms with Crippen molar-refractivity contribution in [3.05, 3.63) is 0 Å². The average molecular weight is 378 g/mol. The highest BCUT2D eigenvalue weighted by atomic mass is 127. The van der Waals surface area contributed by atoms with E-state index in [4.69, 9.17) is 9.47 Å². The monoisotopic (exact) mass is 378 g/mol. The van der Waals surface area contributed by atoms with E-state index in [-0.39, 0.29) is 5.60 Å². The van der Waals surface area contributed by atoms with E-state index in [9.17, 15) is 0 Å². The van der Waals surface area contributed by atoms with Crippen molar-refractivity contribution in [2.45, 2.75) is 51.6 Å². The van der Waals surface area contributed by atoms with Gasteiger partial charge < -0.3 is 9.47 Å². The van der Waals surface area contributed by atoms with Crippen LogP contribution in [0.15, 0.2) is 0 Å². The fraction of sp³-hybridized carbons (Fsp3) is 1.00. The minimum absolute atomic E-state index is 0.148. The summed E-state index contributed by atoms with van der Waals surface area (Å²) < 4.78 is 13.3. The van der Waals surface area contributed by atoms with E-state index >= 15 is 0 Å². The fourth-order valence-electron chi connectivity index (χ4n) is 4.74. The first-order valence-corrected chi connectivity index (χ1v) is 9.40. The number of fused-ring (bicyclic) bond motifs is 2. The molecule has 0 aromatic carbocycles. The number of alkyl halides is 1. The molecule has 0 aromatic rings. The number of hydrogen-bond donors (Lipinski definition) is 0. The predicted octanol–water partition coefficient (Wildman–Crippen LogP) is 4.06. The summed E-state index contributed by atoms with van der Waals surface area (Å²) in [6.45, 7) is 7.74. The predicted molar refractivity (Wildman–Crippen MR) is 85.7 cm³/mol. The first-order chi connectivity index (χ1) is 9.10. The van der Waals surface area contributed by atoms with Gasteiger partial charge in [0.2, 0.25) is 0 Å². The molecule has 19 heavy (non-hydrogen) atoms. The first-order valence-electron chi connectivity index (χ1n) is 7.88. The largest absolute Gasteiger partial charge is 0.381 e. The molecule has 2 bridgehead atoms. The highest BCUT2D eigenvalue weighted by Crippen LogP contribution is 2.63. The molecule has 2 nitrogen and oxygen atoms in total. The molecule has 3 aliphatic rings. The maximum Gasteiger partial charge on any atom is 0.0852 e. The van der Waals surface area contributed by atoms with Crippen molar-refractivity contribution in [2.24, 2.45) is 23.2 Å². The maximum absolute atomic E-state index is 6.67. The van der Waals surface area contributed by atoms with Crippen LogP contribution in [0.1, 0.15) is 46.0 Å². The van der Waals surface area contributed by atoms with Crippen molar-refractivity contribution < 1.29 is 9.47 Å². The lowest BCUT2D eigenvalue weighted by atomic mass is 9.66. The van der Waals surface area contributed by atoms with Crippen molar-refractivity contribution in [1.82, 2.24) is 0 Å². The van der Waals surface area contributed by atoms with Gasteiger partial charge >= 0.3 is 0 Å². The summed E-state index contributed by atoms with van der Waals surface area (Å²) in [5.41, 5.74) is 0.511. The van der Waals surface area contributed by atoms with Crippen molar-refractivity contribution in [3.8, 4) is 0 Å². The quantitative estimate of drug-likeness (QED) is 0.543. The molecule has 0 spiro atoms. The van der Waals surface area contributed by atoms with Gasteiger partial charge in [0.15, 0.2) is 0 Å². The van der Waals surface area contributed by atoms with Crippen LogP contribution >= 0.6 is 22.6 Å². The third-order valence-corrected chi connectivity index (χ3v) is 7.45. The molecule has 3 unspecified atom stereocenters. The highest BCUT2D eigenvalue weighted by molar-refractivity contribution is 14.1. The Morgan fingerprint density at radius 2 is 1.79 bits per heavy atom. The molecule has 2 aliphatic carbocycles. The van der Waals surface area contributed by atoms with E-state index in [0.717, 1.165) is 42.0 Å². The van der Waals surface area contributed by atoms with Gasteiger partial charge in [0.05, 0.1) is 12.2 Å². The SMILES string of the molecule is CC1(C)C2CCC(C2)C1(CI)OCC1CCOCC1. The normalized spacial score (nSPS) is 41.8. The molecule has 1 saturated heterocycles. The van der Waals surface area contributed by atoms with Crippen LogP contribution in [0, 0.1) is 23.2 Å². The van der Waals surface area contributed by atoms with Gasteiger partial charge in [-0.25, -0.2) is 0 Å². The molecule has 0 radical (unpaired) electrons. The Kier molecular flexibility index (Phi) is 4.18. The van der Waals surface area contributed by atoms with Gasteiger partial charge in [-0.15, -0.1) is 0 Å². The van der Waals surface area contributed by atoms with Crippen LogP contribution in [-0.4, -0.2) is 29.8 Å². The lowest BCUT2D eigenvalue weighted by Crippen LogP contribution is -2.53. The first kappa shape index (κ1) is 14.6. The molecule has 0 N–H and O–H groups in total. The molecule has 3 atom stereocenters. The van der Waals surface area contributed by atoms with Gasteiger partial charge in [0.1, 0.15) is 0 Å². The molecular formula is C16H27IO2. The van der Waals surface area contributed by atoms with Crippen LogP contribution in [-0.2, 0) is 9.47 Å². The van der Waals surface area contributed by atoms with E-state index < -0.39 is 0 Å². The Hall–Kier alpha value is 0.650. The highest BCUT2D eigenvalue weighted by Gasteiger charge is 2.63. The van der Waals surface area contributed by atoms with E-state index in [1.807, 2.05) is 0 Å². The maximum atomic E-state index is 6.67. The van der Waals surface area contributed by atoms with Crippen LogP contribution in [0.4, 0.5) is 0 Å².